The Kier molecular flexibility index (Phi) is 5.43. The van der Waals surface area contributed by atoms with E-state index < -0.39 is 0 Å². The number of methoxy groups -OCH3 is 1. The van der Waals surface area contributed by atoms with E-state index in [4.69, 9.17) is 4.74 Å². The van der Waals surface area contributed by atoms with Crippen molar-refractivity contribution in [1.82, 2.24) is 0 Å². The molecule has 0 radical (unpaired) electrons. The second-order valence-corrected chi connectivity index (χ2v) is 6.00. The zero-order chi connectivity index (χ0) is 13.7. The quantitative estimate of drug-likeness (QED) is 0.785. The summed E-state index contributed by atoms with van der Waals surface area (Å²) in [5.41, 5.74) is 3.50. The van der Waals surface area contributed by atoms with E-state index in [0.29, 0.717) is 6.61 Å². The molecule has 0 amide bonds. The molecule has 0 aliphatic rings. The van der Waals surface area contributed by atoms with Crippen LogP contribution >= 0.6 is 31.9 Å². The van der Waals surface area contributed by atoms with Gasteiger partial charge in [-0.1, -0.05) is 40.2 Å². The van der Waals surface area contributed by atoms with Gasteiger partial charge in [-0.2, -0.15) is 0 Å². The van der Waals surface area contributed by atoms with E-state index in [1.807, 2.05) is 12.1 Å². The van der Waals surface area contributed by atoms with E-state index in [1.165, 1.54) is 11.1 Å². The number of halogens is 2. The fraction of sp³-hybridized carbons (Fsp3) is 0.200. The first kappa shape index (κ1) is 14.6. The van der Waals surface area contributed by atoms with Crippen LogP contribution in [0.2, 0.25) is 0 Å². The standard InChI is InChI=1S/C15H15Br2NO/c1-19-10-12-4-2-3-11(7-12)9-18-15-8-13(16)5-6-14(15)17/h2-8,18H,9-10H2,1H3. The number of nitrogens with one attached hydrogen (secondary N) is 1. The molecule has 0 aliphatic carbocycles. The van der Waals surface area contributed by atoms with E-state index in [2.05, 4.69) is 67.5 Å². The van der Waals surface area contributed by atoms with E-state index in [-0.39, 0.29) is 0 Å². The fourth-order valence-electron chi connectivity index (χ4n) is 1.83. The van der Waals surface area contributed by atoms with Crippen molar-refractivity contribution in [2.24, 2.45) is 0 Å². The SMILES string of the molecule is COCc1cccc(CNc2cc(Br)ccc2Br)c1. The lowest BCUT2D eigenvalue weighted by Crippen LogP contribution is -2.01. The van der Waals surface area contributed by atoms with Crippen LogP contribution in [0.5, 0.6) is 0 Å². The van der Waals surface area contributed by atoms with Crippen molar-refractivity contribution in [3.8, 4) is 0 Å². The summed E-state index contributed by atoms with van der Waals surface area (Å²) < 4.78 is 7.27. The van der Waals surface area contributed by atoms with Crippen molar-refractivity contribution in [2.75, 3.05) is 12.4 Å². The fourth-order valence-corrected chi connectivity index (χ4v) is 2.57. The van der Waals surface area contributed by atoms with E-state index in [9.17, 15) is 0 Å². The largest absolute Gasteiger partial charge is 0.380 e. The van der Waals surface area contributed by atoms with Crippen molar-refractivity contribution in [3.05, 3.63) is 62.5 Å². The monoisotopic (exact) mass is 383 g/mol. The molecule has 19 heavy (non-hydrogen) atoms. The highest BCUT2D eigenvalue weighted by molar-refractivity contribution is 9.11. The molecule has 0 saturated heterocycles. The Bertz CT molecular complexity index is 558. The molecule has 0 aliphatic heterocycles. The minimum absolute atomic E-state index is 0.647. The van der Waals surface area contributed by atoms with Gasteiger partial charge >= 0.3 is 0 Å². The summed E-state index contributed by atoms with van der Waals surface area (Å²) in [5.74, 6) is 0. The zero-order valence-corrected chi connectivity index (χ0v) is 13.8. The predicted molar refractivity (Wildman–Crippen MR) is 86.3 cm³/mol. The summed E-state index contributed by atoms with van der Waals surface area (Å²) in [6, 6.07) is 14.5. The van der Waals surface area contributed by atoms with Gasteiger partial charge in [0.2, 0.25) is 0 Å². The Labute approximate surface area is 130 Å². The smallest absolute Gasteiger partial charge is 0.0713 e. The summed E-state index contributed by atoms with van der Waals surface area (Å²) in [6.45, 7) is 1.43. The molecule has 0 bridgehead atoms. The minimum Gasteiger partial charge on any atom is -0.380 e. The maximum atomic E-state index is 5.15. The Morgan fingerprint density at radius 2 is 1.84 bits per heavy atom. The number of ether oxygens (including phenoxy) is 1. The summed E-state index contributed by atoms with van der Waals surface area (Å²) in [7, 11) is 1.71. The number of hydrogen-bond acceptors (Lipinski definition) is 2. The Balaban J connectivity index is 2.05. The van der Waals surface area contributed by atoms with E-state index in [0.717, 1.165) is 21.2 Å². The molecule has 2 aromatic carbocycles. The molecule has 0 fully saturated rings. The van der Waals surface area contributed by atoms with Gasteiger partial charge < -0.3 is 10.1 Å². The summed E-state index contributed by atoms with van der Waals surface area (Å²) >= 11 is 7.02. The van der Waals surface area contributed by atoms with Gasteiger partial charge in [0.25, 0.3) is 0 Å². The van der Waals surface area contributed by atoms with Crippen molar-refractivity contribution in [1.29, 1.82) is 0 Å². The average molecular weight is 385 g/mol. The Morgan fingerprint density at radius 3 is 2.63 bits per heavy atom. The van der Waals surface area contributed by atoms with Crippen LogP contribution < -0.4 is 5.32 Å². The summed E-state index contributed by atoms with van der Waals surface area (Å²) in [4.78, 5) is 0. The second kappa shape index (κ2) is 7.08. The molecule has 0 saturated carbocycles. The molecule has 1 N–H and O–H groups in total. The first-order valence-corrected chi connectivity index (χ1v) is 7.53. The van der Waals surface area contributed by atoms with Crippen LogP contribution in [0.4, 0.5) is 5.69 Å². The number of anilines is 1. The predicted octanol–water partition coefficient (Wildman–Crippen LogP) is 4.97. The number of hydrogen-bond donors (Lipinski definition) is 1. The van der Waals surface area contributed by atoms with Gasteiger partial charge in [0.05, 0.1) is 6.61 Å². The molecule has 100 valence electrons. The first-order chi connectivity index (χ1) is 9.19. The highest BCUT2D eigenvalue weighted by Crippen LogP contribution is 2.26. The lowest BCUT2D eigenvalue weighted by molar-refractivity contribution is 0.185. The summed E-state index contributed by atoms with van der Waals surface area (Å²) in [6.07, 6.45) is 0. The molecule has 2 nitrogen and oxygen atoms in total. The number of benzene rings is 2. The molecule has 4 heteroatoms. The van der Waals surface area contributed by atoms with Crippen LogP contribution in [0, 0.1) is 0 Å². The van der Waals surface area contributed by atoms with Gasteiger partial charge in [-0.05, 0) is 45.3 Å². The number of rotatable bonds is 5. The third-order valence-corrected chi connectivity index (χ3v) is 3.90. The van der Waals surface area contributed by atoms with E-state index in [1.54, 1.807) is 7.11 Å². The minimum atomic E-state index is 0.647. The van der Waals surface area contributed by atoms with Crippen LogP contribution in [0.1, 0.15) is 11.1 Å². The second-order valence-electron chi connectivity index (χ2n) is 4.23. The third-order valence-electron chi connectivity index (χ3n) is 2.71. The highest BCUT2D eigenvalue weighted by Gasteiger charge is 2.01. The van der Waals surface area contributed by atoms with Crippen molar-refractivity contribution < 1.29 is 4.74 Å². The summed E-state index contributed by atoms with van der Waals surface area (Å²) in [5, 5.41) is 3.42. The van der Waals surface area contributed by atoms with Crippen LogP contribution in [-0.2, 0) is 17.9 Å². The third kappa shape index (κ3) is 4.34. The lowest BCUT2D eigenvalue weighted by atomic mass is 10.1. The molecule has 2 aromatic rings. The Morgan fingerprint density at radius 1 is 1.05 bits per heavy atom. The first-order valence-electron chi connectivity index (χ1n) is 5.94. The molecule has 0 aromatic heterocycles. The van der Waals surface area contributed by atoms with Crippen molar-refractivity contribution in [3.63, 3.8) is 0 Å². The van der Waals surface area contributed by atoms with Gasteiger partial charge in [-0.25, -0.2) is 0 Å². The van der Waals surface area contributed by atoms with Gasteiger partial charge in [0, 0.05) is 28.3 Å². The molecular weight excluding hydrogens is 370 g/mol. The van der Waals surface area contributed by atoms with Crippen LogP contribution in [0.25, 0.3) is 0 Å². The van der Waals surface area contributed by atoms with Crippen LogP contribution in [-0.4, -0.2) is 7.11 Å². The molecule has 0 spiro atoms. The maximum absolute atomic E-state index is 5.15. The molecule has 0 heterocycles. The average Bonchev–Trinajstić information content (AvgIpc) is 2.41. The molecule has 2 rings (SSSR count). The van der Waals surface area contributed by atoms with Crippen molar-refractivity contribution >= 4 is 37.5 Å². The van der Waals surface area contributed by atoms with Gasteiger partial charge in [0.15, 0.2) is 0 Å². The molecular formula is C15H15Br2NO. The highest BCUT2D eigenvalue weighted by atomic mass is 79.9. The van der Waals surface area contributed by atoms with Gasteiger partial charge in [0.1, 0.15) is 0 Å². The van der Waals surface area contributed by atoms with Gasteiger partial charge in [-0.3, -0.25) is 0 Å². The Hall–Kier alpha value is -0.840. The zero-order valence-electron chi connectivity index (χ0n) is 10.6. The van der Waals surface area contributed by atoms with Crippen LogP contribution in [0.15, 0.2) is 51.4 Å². The maximum Gasteiger partial charge on any atom is 0.0713 e. The molecule has 0 unspecified atom stereocenters. The molecule has 0 atom stereocenters. The topological polar surface area (TPSA) is 21.3 Å². The normalized spacial score (nSPS) is 10.5. The van der Waals surface area contributed by atoms with Gasteiger partial charge in [-0.15, -0.1) is 0 Å². The van der Waals surface area contributed by atoms with Crippen LogP contribution in [0.3, 0.4) is 0 Å². The van der Waals surface area contributed by atoms with E-state index >= 15 is 0 Å². The lowest BCUT2D eigenvalue weighted by Gasteiger charge is -2.10. The van der Waals surface area contributed by atoms with Crippen molar-refractivity contribution in [2.45, 2.75) is 13.2 Å².